The molecule has 0 saturated carbocycles. The van der Waals surface area contributed by atoms with Crippen LogP contribution in [-0.2, 0) is 0 Å². The molecule has 0 fully saturated rings. The zero-order valence-corrected chi connectivity index (χ0v) is 10.8. The van der Waals surface area contributed by atoms with Gasteiger partial charge in [-0.05, 0) is 39.2 Å². The van der Waals surface area contributed by atoms with Gasteiger partial charge in [-0.2, -0.15) is 0 Å². The van der Waals surface area contributed by atoms with Crippen LogP contribution in [-0.4, -0.2) is 46.2 Å². The van der Waals surface area contributed by atoms with Crippen molar-refractivity contribution in [2.24, 2.45) is 0 Å². The summed E-state index contributed by atoms with van der Waals surface area (Å²) >= 11 is 0. The van der Waals surface area contributed by atoms with Crippen molar-refractivity contribution in [3.8, 4) is 0 Å². The fourth-order valence-electron chi connectivity index (χ4n) is 1.76. The summed E-state index contributed by atoms with van der Waals surface area (Å²) in [6, 6.07) is 8.40. The smallest absolute Gasteiger partial charge is 0.0599 e. The molecule has 0 spiro atoms. The zero-order chi connectivity index (χ0) is 12.0. The van der Waals surface area contributed by atoms with Crippen LogP contribution in [0, 0.1) is 0 Å². The van der Waals surface area contributed by atoms with Crippen molar-refractivity contribution in [1.82, 2.24) is 4.90 Å². The monoisotopic (exact) mass is 221 g/mol. The van der Waals surface area contributed by atoms with E-state index < -0.39 is 0 Å². The molecule has 1 aromatic carbocycles. The molecule has 3 heteroatoms. The first kappa shape index (κ1) is 12.8. The highest BCUT2D eigenvalue weighted by atomic mass is 15.1. The van der Waals surface area contributed by atoms with Crippen LogP contribution in [0.1, 0.15) is 6.42 Å². The first-order valence-electron chi connectivity index (χ1n) is 5.78. The third-order valence-corrected chi connectivity index (χ3v) is 2.68. The summed E-state index contributed by atoms with van der Waals surface area (Å²) in [6.45, 7) is 2.21. The van der Waals surface area contributed by atoms with E-state index in [0.29, 0.717) is 0 Å². The average Bonchev–Trinajstić information content (AvgIpc) is 2.28. The van der Waals surface area contributed by atoms with Crippen molar-refractivity contribution in [1.29, 1.82) is 0 Å². The first-order chi connectivity index (χ1) is 7.65. The molecule has 0 aliphatic rings. The molecule has 0 saturated heterocycles. The first-order valence-corrected chi connectivity index (χ1v) is 5.78. The van der Waals surface area contributed by atoms with E-state index in [9.17, 15) is 0 Å². The van der Waals surface area contributed by atoms with Gasteiger partial charge in [0.25, 0.3) is 0 Å². The van der Waals surface area contributed by atoms with Gasteiger partial charge in [0.05, 0.1) is 11.4 Å². The molecule has 1 N–H and O–H groups in total. The summed E-state index contributed by atoms with van der Waals surface area (Å²) in [5.74, 6) is 0. The maximum atomic E-state index is 3.22. The molecule has 1 rings (SSSR count). The lowest BCUT2D eigenvalue weighted by Crippen LogP contribution is -2.23. The van der Waals surface area contributed by atoms with E-state index in [1.54, 1.807) is 0 Å². The minimum absolute atomic E-state index is 1.08. The van der Waals surface area contributed by atoms with E-state index in [1.165, 1.54) is 17.8 Å². The van der Waals surface area contributed by atoms with E-state index in [2.05, 4.69) is 60.5 Å². The van der Waals surface area contributed by atoms with Crippen LogP contribution in [0.25, 0.3) is 0 Å². The lowest BCUT2D eigenvalue weighted by Gasteiger charge is -2.23. The number of nitrogens with one attached hydrogen (secondary N) is 1. The highest BCUT2D eigenvalue weighted by Gasteiger charge is 2.04. The van der Waals surface area contributed by atoms with E-state index in [4.69, 9.17) is 0 Å². The number of benzene rings is 1. The third kappa shape index (κ3) is 3.74. The Balaban J connectivity index is 2.55. The summed E-state index contributed by atoms with van der Waals surface area (Å²) in [4.78, 5) is 4.52. The number of rotatable bonds is 6. The quantitative estimate of drug-likeness (QED) is 0.794. The summed E-state index contributed by atoms with van der Waals surface area (Å²) in [7, 11) is 8.33. The number of hydrogen-bond acceptors (Lipinski definition) is 3. The number of para-hydroxylation sites is 2. The molecule has 0 radical (unpaired) electrons. The van der Waals surface area contributed by atoms with Crippen LogP contribution in [0.5, 0.6) is 0 Å². The molecule has 0 bridgehead atoms. The molecule has 1 aromatic rings. The topological polar surface area (TPSA) is 18.5 Å². The minimum Gasteiger partial charge on any atom is -0.386 e. The Morgan fingerprint density at radius 3 is 2.38 bits per heavy atom. The fraction of sp³-hybridized carbons (Fsp3) is 0.538. The number of anilines is 2. The number of hydrogen-bond donors (Lipinski definition) is 1. The maximum Gasteiger partial charge on any atom is 0.0599 e. The van der Waals surface area contributed by atoms with Gasteiger partial charge in [0.1, 0.15) is 0 Å². The molecule has 0 amide bonds. The molecule has 0 heterocycles. The van der Waals surface area contributed by atoms with Crippen molar-refractivity contribution in [2.45, 2.75) is 6.42 Å². The van der Waals surface area contributed by atoms with E-state index in [1.807, 2.05) is 7.05 Å². The van der Waals surface area contributed by atoms with Crippen LogP contribution in [0.2, 0.25) is 0 Å². The third-order valence-electron chi connectivity index (χ3n) is 2.68. The van der Waals surface area contributed by atoms with Gasteiger partial charge in [-0.25, -0.2) is 0 Å². The van der Waals surface area contributed by atoms with Gasteiger partial charge in [0.15, 0.2) is 0 Å². The lowest BCUT2D eigenvalue weighted by molar-refractivity contribution is 0.402. The average molecular weight is 221 g/mol. The summed E-state index contributed by atoms with van der Waals surface area (Å²) < 4.78 is 0. The molecule has 0 aliphatic carbocycles. The molecule has 3 nitrogen and oxygen atoms in total. The minimum atomic E-state index is 1.08. The number of nitrogens with zero attached hydrogens (tertiary/aromatic N) is 2. The largest absolute Gasteiger partial charge is 0.386 e. The Bertz CT molecular complexity index is 310. The van der Waals surface area contributed by atoms with E-state index in [0.717, 1.165) is 13.1 Å². The van der Waals surface area contributed by atoms with Gasteiger partial charge >= 0.3 is 0 Å². The predicted octanol–water partition coefficient (Wildman–Crippen LogP) is 2.12. The zero-order valence-electron chi connectivity index (χ0n) is 10.8. The van der Waals surface area contributed by atoms with E-state index in [-0.39, 0.29) is 0 Å². The normalized spacial score (nSPS) is 10.6. The van der Waals surface area contributed by atoms with Crippen LogP contribution < -0.4 is 10.2 Å². The van der Waals surface area contributed by atoms with Gasteiger partial charge in [0.2, 0.25) is 0 Å². The Morgan fingerprint density at radius 2 is 1.75 bits per heavy atom. The predicted molar refractivity (Wildman–Crippen MR) is 72.4 cm³/mol. The van der Waals surface area contributed by atoms with Crippen molar-refractivity contribution in [3.05, 3.63) is 24.3 Å². The standard InChI is InChI=1S/C13H23N3/c1-14-12-8-5-6-9-13(12)16(4)11-7-10-15(2)3/h5-6,8-9,14H,7,10-11H2,1-4H3. The Hall–Kier alpha value is -1.22. The molecule has 0 aliphatic heterocycles. The molecule has 0 unspecified atom stereocenters. The maximum absolute atomic E-state index is 3.22. The second-order valence-corrected chi connectivity index (χ2v) is 4.35. The van der Waals surface area contributed by atoms with Crippen molar-refractivity contribution >= 4 is 11.4 Å². The van der Waals surface area contributed by atoms with Crippen molar-refractivity contribution < 1.29 is 0 Å². The SMILES string of the molecule is CNc1ccccc1N(C)CCCN(C)C. The van der Waals surface area contributed by atoms with Crippen LogP contribution in [0.15, 0.2) is 24.3 Å². The molecule has 0 atom stereocenters. The molecular formula is C13H23N3. The van der Waals surface area contributed by atoms with Gasteiger partial charge in [-0.15, -0.1) is 0 Å². The van der Waals surface area contributed by atoms with E-state index >= 15 is 0 Å². The van der Waals surface area contributed by atoms with Gasteiger partial charge < -0.3 is 15.1 Å². The van der Waals surface area contributed by atoms with Gasteiger partial charge in [0, 0.05) is 20.6 Å². The summed E-state index contributed by atoms with van der Waals surface area (Å²) in [5.41, 5.74) is 2.46. The Kier molecular flexibility index (Phi) is 5.12. The van der Waals surface area contributed by atoms with Crippen LogP contribution in [0.3, 0.4) is 0 Å². The van der Waals surface area contributed by atoms with Crippen molar-refractivity contribution in [3.63, 3.8) is 0 Å². The highest BCUT2D eigenvalue weighted by molar-refractivity contribution is 5.69. The van der Waals surface area contributed by atoms with Gasteiger partial charge in [-0.1, -0.05) is 12.1 Å². The molecule has 0 aromatic heterocycles. The molecule has 90 valence electrons. The Labute approximate surface area is 99.1 Å². The second kappa shape index (κ2) is 6.38. The molecule has 16 heavy (non-hydrogen) atoms. The summed E-state index contributed by atoms with van der Waals surface area (Å²) in [6.07, 6.45) is 1.18. The van der Waals surface area contributed by atoms with Crippen LogP contribution >= 0.6 is 0 Å². The molecular weight excluding hydrogens is 198 g/mol. The van der Waals surface area contributed by atoms with Crippen LogP contribution in [0.4, 0.5) is 11.4 Å². The summed E-state index contributed by atoms with van der Waals surface area (Å²) in [5, 5.41) is 3.22. The fourth-order valence-corrected chi connectivity index (χ4v) is 1.76. The van der Waals surface area contributed by atoms with Gasteiger partial charge in [-0.3, -0.25) is 0 Å². The lowest BCUT2D eigenvalue weighted by atomic mass is 10.2. The van der Waals surface area contributed by atoms with Crippen molar-refractivity contribution in [2.75, 3.05) is 51.5 Å². The highest BCUT2D eigenvalue weighted by Crippen LogP contribution is 2.23. The second-order valence-electron chi connectivity index (χ2n) is 4.35. The Morgan fingerprint density at radius 1 is 1.06 bits per heavy atom.